The first-order chi connectivity index (χ1) is 32.4. The molecule has 1 aromatic carbocycles. The molecular formula is C42H46F3N11O5. The first-order valence-corrected chi connectivity index (χ1v) is 20.0. The molecule has 1 unspecified atom stereocenters. The van der Waals surface area contributed by atoms with Crippen molar-refractivity contribution in [1.82, 2.24) is 39.5 Å². The van der Waals surface area contributed by atoms with Crippen LogP contribution in [0.2, 0.25) is 0 Å². The molecule has 5 amide bonds. The second kappa shape index (κ2) is 16.1. The largest absolute Gasteiger partial charge is 0.370 e. The van der Waals surface area contributed by atoms with Crippen molar-refractivity contribution in [1.29, 1.82) is 0 Å². The molecule has 0 radical (unpaired) electrons. The van der Waals surface area contributed by atoms with E-state index in [0.717, 1.165) is 31.1 Å². The highest BCUT2D eigenvalue weighted by Crippen LogP contribution is 2.39. The van der Waals surface area contributed by atoms with Crippen LogP contribution in [0.25, 0.3) is 11.0 Å². The molecule has 0 bridgehead atoms. The van der Waals surface area contributed by atoms with E-state index in [-0.39, 0.29) is 42.1 Å². The van der Waals surface area contributed by atoms with Gasteiger partial charge < -0.3 is 24.6 Å². The Morgan fingerprint density at radius 1 is 0.885 bits per heavy atom. The van der Waals surface area contributed by atoms with Crippen molar-refractivity contribution < 1.29 is 48.1 Å². The maximum absolute atomic E-state index is 16.6. The summed E-state index contributed by atoms with van der Waals surface area (Å²) in [6.45, 7) is -14.9. The Labute approximate surface area is 360 Å². The molecule has 61 heavy (non-hydrogen) atoms. The number of benzene rings is 1. The third kappa shape index (κ3) is 7.31. The fraction of sp³-hybridized carbons (Fsp3) is 0.476. The van der Waals surface area contributed by atoms with Crippen molar-refractivity contribution in [2.75, 3.05) is 74.8 Å². The number of imide groups is 2. The number of amides is 5. The van der Waals surface area contributed by atoms with Crippen molar-refractivity contribution in [2.24, 2.45) is 5.92 Å². The van der Waals surface area contributed by atoms with Crippen LogP contribution in [-0.2, 0) is 9.59 Å². The highest BCUT2D eigenvalue weighted by atomic mass is 19.2. The zero-order valence-electron chi connectivity index (χ0n) is 41.1. The third-order valence-corrected chi connectivity index (χ3v) is 11.8. The SMILES string of the molecule is [2H]C1([2H])N(CC2CCN(c3ccc(Nc4ncc5cc(C(=O)N(C)C)n(C6CCCC6)c5n4)nc3)CC2)C([2H])([2H])C([2H])([2H])N(c2c(F)c(F)c3c(c2F)C(=O)N(C2CCC(=O)NC2=O)C3=O)C1([2H])[2H]. The van der Waals surface area contributed by atoms with E-state index in [1.165, 1.54) is 4.90 Å². The Balaban J connectivity index is 0.904. The van der Waals surface area contributed by atoms with E-state index in [0.29, 0.717) is 40.8 Å². The van der Waals surface area contributed by atoms with Gasteiger partial charge in [0, 0.05) is 89.2 Å². The van der Waals surface area contributed by atoms with Gasteiger partial charge in [0.2, 0.25) is 17.8 Å². The number of nitrogens with one attached hydrogen (secondary N) is 2. The lowest BCUT2D eigenvalue weighted by Crippen LogP contribution is -2.54. The van der Waals surface area contributed by atoms with Crippen LogP contribution in [0.4, 0.5) is 36.3 Å². The highest BCUT2D eigenvalue weighted by molar-refractivity contribution is 6.24. The van der Waals surface area contributed by atoms with Crippen LogP contribution in [0.1, 0.15) is 99.6 Å². The Bertz CT molecular complexity index is 2800. The number of fused-ring (bicyclic) bond motifs is 2. The highest BCUT2D eigenvalue weighted by Gasteiger charge is 2.49. The molecule has 1 saturated carbocycles. The zero-order chi connectivity index (χ0) is 49.9. The molecule has 3 saturated heterocycles. The number of halogens is 3. The van der Waals surface area contributed by atoms with Gasteiger partial charge in [-0.3, -0.25) is 39.1 Å². The van der Waals surface area contributed by atoms with Crippen LogP contribution < -0.4 is 20.4 Å². The molecule has 1 aliphatic carbocycles. The van der Waals surface area contributed by atoms with Crippen molar-refractivity contribution in [3.05, 3.63) is 64.9 Å². The van der Waals surface area contributed by atoms with Crippen molar-refractivity contribution >= 4 is 63.7 Å². The Morgan fingerprint density at radius 3 is 2.25 bits per heavy atom. The molecule has 5 aliphatic rings. The van der Waals surface area contributed by atoms with Gasteiger partial charge in [-0.05, 0) is 56.2 Å². The molecule has 1 atom stereocenters. The summed E-state index contributed by atoms with van der Waals surface area (Å²) in [7, 11) is 3.40. The lowest BCUT2D eigenvalue weighted by atomic mass is 9.95. The third-order valence-electron chi connectivity index (χ3n) is 11.8. The van der Waals surface area contributed by atoms with Crippen LogP contribution in [0.5, 0.6) is 0 Å². The second-order valence-corrected chi connectivity index (χ2v) is 15.8. The molecule has 4 aliphatic heterocycles. The first-order valence-electron chi connectivity index (χ1n) is 24.0. The zero-order valence-corrected chi connectivity index (χ0v) is 33.1. The van der Waals surface area contributed by atoms with Gasteiger partial charge in [0.05, 0.1) is 28.5 Å². The van der Waals surface area contributed by atoms with E-state index in [4.69, 9.17) is 16.0 Å². The van der Waals surface area contributed by atoms with Gasteiger partial charge in [-0.15, -0.1) is 0 Å². The molecule has 320 valence electrons. The first kappa shape index (κ1) is 31.7. The lowest BCUT2D eigenvalue weighted by molar-refractivity contribution is -0.136. The Morgan fingerprint density at radius 2 is 1.59 bits per heavy atom. The van der Waals surface area contributed by atoms with Gasteiger partial charge in [0.1, 0.15) is 28.9 Å². The van der Waals surface area contributed by atoms with E-state index in [1.807, 2.05) is 20.9 Å². The summed E-state index contributed by atoms with van der Waals surface area (Å²) < 4.78 is 122. The number of carbonyl (C=O) groups excluding carboxylic acids is 5. The molecule has 4 aromatic rings. The van der Waals surface area contributed by atoms with Gasteiger partial charge in [0.15, 0.2) is 17.5 Å². The number of hydrogen-bond acceptors (Lipinski definition) is 12. The van der Waals surface area contributed by atoms with E-state index in [1.54, 1.807) is 38.6 Å². The maximum atomic E-state index is 16.6. The molecule has 0 spiro atoms. The summed E-state index contributed by atoms with van der Waals surface area (Å²) in [5.74, 6) is -12.1. The van der Waals surface area contributed by atoms with Crippen LogP contribution in [0, 0.1) is 23.4 Å². The molecule has 3 aromatic heterocycles. The van der Waals surface area contributed by atoms with Crippen LogP contribution in [-0.4, -0.2) is 130 Å². The average Bonchev–Trinajstić information content (AvgIpc) is 4.02. The smallest absolute Gasteiger partial charge is 0.270 e. The minimum absolute atomic E-state index is 0.108. The van der Waals surface area contributed by atoms with Gasteiger partial charge >= 0.3 is 0 Å². The predicted molar refractivity (Wildman–Crippen MR) is 217 cm³/mol. The van der Waals surface area contributed by atoms with Gasteiger partial charge in [-0.1, -0.05) is 12.8 Å². The summed E-state index contributed by atoms with van der Waals surface area (Å²) in [4.78, 5) is 81.3. The molecule has 19 heteroatoms. The normalized spacial score (nSPS) is 25.8. The van der Waals surface area contributed by atoms with Crippen molar-refractivity contribution in [2.45, 2.75) is 63.5 Å². The van der Waals surface area contributed by atoms with Gasteiger partial charge in [-0.25, -0.2) is 23.1 Å². The van der Waals surface area contributed by atoms with Crippen molar-refractivity contribution in [3.63, 3.8) is 0 Å². The summed E-state index contributed by atoms with van der Waals surface area (Å²) in [5.41, 5.74) is -3.11. The number of hydrogen-bond donors (Lipinski definition) is 2. The molecular weight excluding hydrogens is 796 g/mol. The van der Waals surface area contributed by atoms with Crippen LogP contribution in [0.3, 0.4) is 0 Å². The number of piperazine rings is 1. The Hall–Kier alpha value is -6.11. The summed E-state index contributed by atoms with van der Waals surface area (Å²) in [6, 6.07) is 3.71. The standard InChI is InChI=1S/C42H46F3N11O5/c1-51(2)39(59)28-19-24-20-47-42(50-37(24)55(28)25-5-3-4-6-25)48-29-9-7-26(21-46-29)53-13-11-23(12-14-53)22-52-15-17-54(18-16-52)36-34(44)32-31(33(43)35(36)45)40(60)56(41(32)61)27-8-10-30(57)49-38(27)58/h7,9,19-21,23,25,27H,3-6,8,10-18,22H2,1-2H3,(H,49,57,58)(H,46,47,48,50)/i15D2,16D2,17D2,18D2. The second-order valence-electron chi connectivity index (χ2n) is 15.8. The maximum Gasteiger partial charge on any atom is 0.270 e. The topological polar surface area (TPSA) is 169 Å². The number of anilines is 4. The minimum Gasteiger partial charge on any atom is -0.370 e. The number of rotatable bonds is 9. The number of aromatic nitrogens is 4. The number of piperidine rings is 2. The fourth-order valence-electron chi connectivity index (χ4n) is 8.66. The predicted octanol–water partition coefficient (Wildman–Crippen LogP) is 4.24. The monoisotopic (exact) mass is 849 g/mol. The molecule has 7 heterocycles. The van der Waals surface area contributed by atoms with E-state index >= 15 is 13.2 Å². The van der Waals surface area contributed by atoms with Crippen LogP contribution >= 0.6 is 0 Å². The molecule has 2 N–H and O–H groups in total. The van der Waals surface area contributed by atoms with E-state index < -0.39 is 114 Å². The fourth-order valence-corrected chi connectivity index (χ4v) is 8.66. The number of nitrogens with zero attached hydrogens (tertiary/aromatic N) is 9. The summed E-state index contributed by atoms with van der Waals surface area (Å²) in [5, 5.41) is 5.74. The number of pyridine rings is 1. The van der Waals surface area contributed by atoms with E-state index in [9.17, 15) is 24.0 Å². The van der Waals surface area contributed by atoms with Crippen molar-refractivity contribution in [3.8, 4) is 0 Å². The van der Waals surface area contributed by atoms with Gasteiger partial charge in [0.25, 0.3) is 17.7 Å². The Kier molecular flexibility index (Phi) is 8.35. The molecule has 4 fully saturated rings. The minimum atomic E-state index is -3.90. The molecule has 9 rings (SSSR count). The summed E-state index contributed by atoms with van der Waals surface area (Å²) >= 11 is 0. The van der Waals surface area contributed by atoms with Gasteiger partial charge in [-0.2, -0.15) is 4.98 Å². The quantitative estimate of drug-likeness (QED) is 0.182. The number of carbonyl (C=O) groups is 5. The van der Waals surface area contributed by atoms with E-state index in [2.05, 4.69) is 15.3 Å². The average molecular weight is 850 g/mol. The van der Waals surface area contributed by atoms with Crippen LogP contribution in [0.15, 0.2) is 30.6 Å². The lowest BCUT2D eigenvalue weighted by Gasteiger charge is -2.40. The summed E-state index contributed by atoms with van der Waals surface area (Å²) in [6.07, 6.45) is 6.98. The molecule has 16 nitrogen and oxygen atoms in total.